The molecule has 0 spiro atoms. The maximum atomic E-state index is 2.47. The molecular weight excluding hydrogens is 569 g/mol. The molecule has 0 heterocycles. The van der Waals surface area contributed by atoms with Gasteiger partial charge in [-0.3, -0.25) is 0 Å². The van der Waals surface area contributed by atoms with Crippen LogP contribution >= 0.6 is 0 Å². The summed E-state index contributed by atoms with van der Waals surface area (Å²) in [4.78, 5) is 4.81. The number of aryl methyl sites for hydroxylation is 4. The Morgan fingerprint density at radius 3 is 0.872 bits per heavy atom. The highest BCUT2D eigenvalue weighted by molar-refractivity contribution is 5.88. The van der Waals surface area contributed by atoms with Crippen LogP contribution in [0.3, 0.4) is 0 Å². The molecule has 0 unspecified atom stereocenters. The van der Waals surface area contributed by atoms with Gasteiger partial charge in [0.15, 0.2) is 0 Å². The van der Waals surface area contributed by atoms with Gasteiger partial charge in [0.1, 0.15) is 0 Å². The molecule has 2 nitrogen and oxygen atoms in total. The van der Waals surface area contributed by atoms with Crippen LogP contribution in [0.25, 0.3) is 11.1 Å². The van der Waals surface area contributed by atoms with Gasteiger partial charge in [-0.2, -0.15) is 0 Å². The monoisotopic (exact) mass is 612 g/mol. The van der Waals surface area contributed by atoms with Crippen molar-refractivity contribution in [2.75, 3.05) is 9.80 Å². The standard InChI is InChI=1S/C45H44N2/c1-7-45(8-2)43-29-39(46(35-17-9-31(3)10-18-35)36-19-11-32(4)12-20-36)25-27-41(43)42-28-26-40(30-44(42)45)47(37-21-13-33(5)14-22-37)38-23-15-34(6)16-24-38/h9-30H,7-8H2,1-6H3. The van der Waals surface area contributed by atoms with Crippen LogP contribution in [-0.2, 0) is 5.41 Å². The van der Waals surface area contributed by atoms with Crippen LogP contribution < -0.4 is 9.80 Å². The number of rotatable bonds is 8. The lowest BCUT2D eigenvalue weighted by Gasteiger charge is -2.33. The van der Waals surface area contributed by atoms with E-state index in [4.69, 9.17) is 0 Å². The molecule has 0 bridgehead atoms. The highest BCUT2D eigenvalue weighted by atomic mass is 15.1. The maximum absolute atomic E-state index is 2.47. The van der Waals surface area contributed by atoms with Crippen molar-refractivity contribution in [1.82, 2.24) is 0 Å². The van der Waals surface area contributed by atoms with Crippen LogP contribution in [0.4, 0.5) is 34.1 Å². The molecule has 0 saturated carbocycles. The summed E-state index contributed by atoms with van der Waals surface area (Å²) in [7, 11) is 0. The van der Waals surface area contributed by atoms with Gasteiger partial charge in [-0.25, -0.2) is 0 Å². The van der Waals surface area contributed by atoms with Gasteiger partial charge in [-0.1, -0.05) is 96.8 Å². The van der Waals surface area contributed by atoms with Gasteiger partial charge in [0.2, 0.25) is 0 Å². The summed E-state index contributed by atoms with van der Waals surface area (Å²) in [5.74, 6) is 0. The minimum atomic E-state index is -0.0882. The summed E-state index contributed by atoms with van der Waals surface area (Å²) >= 11 is 0. The molecule has 0 atom stereocenters. The van der Waals surface area contributed by atoms with Crippen molar-refractivity contribution >= 4 is 34.1 Å². The van der Waals surface area contributed by atoms with E-state index in [-0.39, 0.29) is 5.41 Å². The minimum absolute atomic E-state index is 0.0882. The molecule has 6 aromatic carbocycles. The largest absolute Gasteiger partial charge is 0.310 e. The van der Waals surface area contributed by atoms with Gasteiger partial charge in [0.05, 0.1) is 0 Å². The Kier molecular flexibility index (Phi) is 7.98. The lowest BCUT2D eigenvalue weighted by atomic mass is 9.73. The molecule has 0 fully saturated rings. The fraction of sp³-hybridized carbons (Fsp3) is 0.200. The molecule has 47 heavy (non-hydrogen) atoms. The second-order valence-corrected chi connectivity index (χ2v) is 13.3. The van der Waals surface area contributed by atoms with Crippen LogP contribution in [0, 0.1) is 27.7 Å². The second-order valence-electron chi connectivity index (χ2n) is 13.3. The predicted octanol–water partition coefficient (Wildman–Crippen LogP) is 12.9. The third-order valence-electron chi connectivity index (χ3n) is 10.2. The average Bonchev–Trinajstić information content (AvgIpc) is 3.37. The summed E-state index contributed by atoms with van der Waals surface area (Å²) in [6, 6.07) is 49.8. The van der Waals surface area contributed by atoms with E-state index in [9.17, 15) is 0 Å². The summed E-state index contributed by atoms with van der Waals surface area (Å²) in [6.45, 7) is 13.3. The van der Waals surface area contributed by atoms with Crippen molar-refractivity contribution in [3.8, 4) is 11.1 Å². The molecule has 0 radical (unpaired) electrons. The molecule has 0 saturated heterocycles. The van der Waals surface area contributed by atoms with Gasteiger partial charge >= 0.3 is 0 Å². The highest BCUT2D eigenvalue weighted by Crippen LogP contribution is 2.55. The quantitative estimate of drug-likeness (QED) is 0.169. The second kappa shape index (κ2) is 12.3. The number of hydrogen-bond donors (Lipinski definition) is 0. The molecule has 6 aromatic rings. The normalized spacial score (nSPS) is 12.8. The molecule has 7 rings (SSSR count). The summed E-state index contributed by atoms with van der Waals surface area (Å²) in [5.41, 5.74) is 17.6. The number of hydrogen-bond acceptors (Lipinski definition) is 2. The van der Waals surface area contributed by atoms with Crippen molar-refractivity contribution in [2.45, 2.75) is 59.8 Å². The Morgan fingerprint density at radius 1 is 0.362 bits per heavy atom. The third kappa shape index (κ3) is 5.42. The van der Waals surface area contributed by atoms with E-state index in [1.54, 1.807) is 0 Å². The maximum Gasteiger partial charge on any atom is 0.0465 e. The Morgan fingerprint density at radius 2 is 0.617 bits per heavy atom. The highest BCUT2D eigenvalue weighted by Gasteiger charge is 2.41. The Balaban J connectivity index is 1.38. The van der Waals surface area contributed by atoms with E-state index >= 15 is 0 Å². The van der Waals surface area contributed by atoms with Crippen molar-refractivity contribution in [3.05, 3.63) is 167 Å². The first-order valence-corrected chi connectivity index (χ1v) is 17.0. The smallest absolute Gasteiger partial charge is 0.0465 e. The lowest BCUT2D eigenvalue weighted by Crippen LogP contribution is -2.24. The predicted molar refractivity (Wildman–Crippen MR) is 202 cm³/mol. The summed E-state index contributed by atoms with van der Waals surface area (Å²) in [5, 5.41) is 0. The Hall–Kier alpha value is -5.08. The van der Waals surface area contributed by atoms with E-state index in [0.717, 1.165) is 12.8 Å². The van der Waals surface area contributed by atoms with E-state index < -0.39 is 0 Å². The zero-order valence-electron chi connectivity index (χ0n) is 28.5. The van der Waals surface area contributed by atoms with Crippen LogP contribution in [-0.4, -0.2) is 0 Å². The van der Waals surface area contributed by atoms with E-state index in [2.05, 4.69) is 185 Å². The van der Waals surface area contributed by atoms with Crippen molar-refractivity contribution in [2.24, 2.45) is 0 Å². The molecule has 0 amide bonds. The summed E-state index contributed by atoms with van der Waals surface area (Å²) < 4.78 is 0. The molecule has 0 N–H and O–H groups in total. The van der Waals surface area contributed by atoms with Gasteiger partial charge in [-0.15, -0.1) is 0 Å². The SMILES string of the molecule is CCC1(CC)c2cc(N(c3ccc(C)cc3)c3ccc(C)cc3)ccc2-c2ccc(N(c3ccc(C)cc3)c3ccc(C)cc3)cc21. The molecule has 0 aliphatic heterocycles. The molecule has 234 valence electrons. The first kappa shape index (κ1) is 30.6. The fourth-order valence-electron chi connectivity index (χ4n) is 7.43. The van der Waals surface area contributed by atoms with Crippen molar-refractivity contribution in [3.63, 3.8) is 0 Å². The third-order valence-corrected chi connectivity index (χ3v) is 10.2. The van der Waals surface area contributed by atoms with Crippen LogP contribution in [0.5, 0.6) is 0 Å². The van der Waals surface area contributed by atoms with Crippen LogP contribution in [0.1, 0.15) is 60.1 Å². The molecule has 1 aliphatic rings. The van der Waals surface area contributed by atoms with Gasteiger partial charge in [0, 0.05) is 39.5 Å². The Labute approximate surface area is 281 Å². The van der Waals surface area contributed by atoms with Crippen LogP contribution in [0.15, 0.2) is 133 Å². The zero-order chi connectivity index (χ0) is 32.7. The van der Waals surface area contributed by atoms with Gasteiger partial charge in [-0.05, 0) is 136 Å². The van der Waals surface area contributed by atoms with E-state index in [1.165, 1.54) is 78.6 Å². The minimum Gasteiger partial charge on any atom is -0.310 e. The number of benzene rings is 6. The number of nitrogens with zero attached hydrogens (tertiary/aromatic N) is 2. The first-order valence-electron chi connectivity index (χ1n) is 17.0. The first-order chi connectivity index (χ1) is 22.8. The van der Waals surface area contributed by atoms with Crippen molar-refractivity contribution in [1.29, 1.82) is 0 Å². The van der Waals surface area contributed by atoms with E-state index in [1.807, 2.05) is 0 Å². The average molecular weight is 613 g/mol. The molecule has 2 heteroatoms. The zero-order valence-corrected chi connectivity index (χ0v) is 28.5. The van der Waals surface area contributed by atoms with Gasteiger partial charge in [0.25, 0.3) is 0 Å². The molecule has 0 aromatic heterocycles. The van der Waals surface area contributed by atoms with Crippen LogP contribution in [0.2, 0.25) is 0 Å². The molecule has 1 aliphatic carbocycles. The Bertz CT molecular complexity index is 1780. The van der Waals surface area contributed by atoms with E-state index in [0.29, 0.717) is 0 Å². The fourth-order valence-corrected chi connectivity index (χ4v) is 7.43. The number of fused-ring (bicyclic) bond motifs is 3. The number of anilines is 6. The van der Waals surface area contributed by atoms with Gasteiger partial charge < -0.3 is 9.80 Å². The molecular formula is C45H44N2. The van der Waals surface area contributed by atoms with Crippen molar-refractivity contribution < 1.29 is 0 Å². The summed E-state index contributed by atoms with van der Waals surface area (Å²) in [6.07, 6.45) is 2.06. The lowest BCUT2D eigenvalue weighted by molar-refractivity contribution is 0.490. The topological polar surface area (TPSA) is 6.48 Å².